The van der Waals surface area contributed by atoms with Crippen LogP contribution in [-0.4, -0.2) is 40.5 Å². The maximum atomic E-state index is 14.1. The summed E-state index contributed by atoms with van der Waals surface area (Å²) in [6.45, 7) is 6.13. The van der Waals surface area contributed by atoms with E-state index in [0.717, 1.165) is 29.1 Å². The van der Waals surface area contributed by atoms with Gasteiger partial charge in [-0.25, -0.2) is 14.2 Å². The summed E-state index contributed by atoms with van der Waals surface area (Å²) in [6, 6.07) is 19.7. The van der Waals surface area contributed by atoms with Gasteiger partial charge in [0, 0.05) is 23.5 Å². The van der Waals surface area contributed by atoms with Crippen LogP contribution in [0.1, 0.15) is 46.5 Å². The Morgan fingerprint density at radius 3 is 2.58 bits per heavy atom. The number of carboxylic acid groups (broad SMARTS) is 1. The summed E-state index contributed by atoms with van der Waals surface area (Å²) in [5.41, 5.74) is 2.31. The molecule has 1 fully saturated rings. The highest BCUT2D eigenvalue weighted by Crippen LogP contribution is 2.37. The van der Waals surface area contributed by atoms with Crippen molar-refractivity contribution in [1.29, 1.82) is 0 Å². The Balaban J connectivity index is 1.50. The first-order chi connectivity index (χ1) is 18.1. The van der Waals surface area contributed by atoms with Gasteiger partial charge in [0.15, 0.2) is 0 Å². The van der Waals surface area contributed by atoms with Crippen LogP contribution < -0.4 is 15.0 Å². The predicted molar refractivity (Wildman–Crippen MR) is 150 cm³/mol. The molecular weight excluding hydrogens is 505 g/mol. The molecule has 2 aromatic carbocycles. The molecule has 0 spiro atoms. The maximum absolute atomic E-state index is 14.1. The number of alkyl halides is 1. The third-order valence-electron chi connectivity index (χ3n) is 6.83. The van der Waals surface area contributed by atoms with Crippen molar-refractivity contribution < 1.29 is 19.0 Å². The number of pyridine rings is 1. The molecule has 1 saturated carbocycles. The first kappa shape index (κ1) is 27.7. The summed E-state index contributed by atoms with van der Waals surface area (Å²) in [6.07, 6.45) is 2.40. The van der Waals surface area contributed by atoms with E-state index in [-0.39, 0.29) is 12.0 Å². The van der Waals surface area contributed by atoms with Crippen LogP contribution in [0.3, 0.4) is 0 Å². The molecule has 202 valence electrons. The van der Waals surface area contributed by atoms with E-state index in [0.29, 0.717) is 36.6 Å². The number of carbonyl (C=O) groups is 1. The quantitative estimate of drug-likeness (QED) is 0.274. The van der Waals surface area contributed by atoms with Crippen molar-refractivity contribution in [1.82, 2.24) is 10.3 Å². The Kier molecular flexibility index (Phi) is 8.77. The van der Waals surface area contributed by atoms with Crippen LogP contribution >= 0.6 is 11.6 Å². The molecule has 1 amide bonds. The Morgan fingerprint density at radius 1 is 1.18 bits per heavy atom. The SMILES string of the molecule is CC(COc1ccc(-c2ccnc(N(c3ccccc3)C3CCC(F)C3)c2)cc1Cl)CC(C)(C)NC(=O)O. The number of nitrogens with zero attached hydrogens (tertiary/aromatic N) is 2. The molecule has 1 heterocycles. The van der Waals surface area contributed by atoms with E-state index in [1.54, 1.807) is 6.20 Å². The number of ether oxygens (including phenoxy) is 1. The molecule has 3 unspecified atom stereocenters. The molecule has 0 radical (unpaired) electrons. The van der Waals surface area contributed by atoms with E-state index in [2.05, 4.69) is 15.2 Å². The average Bonchev–Trinajstić information content (AvgIpc) is 3.28. The highest BCUT2D eigenvalue weighted by Gasteiger charge is 2.31. The minimum atomic E-state index is -1.04. The molecule has 3 aromatic rings. The van der Waals surface area contributed by atoms with Gasteiger partial charge >= 0.3 is 6.09 Å². The molecule has 2 N–H and O–H groups in total. The largest absolute Gasteiger partial charge is 0.492 e. The molecule has 0 aliphatic heterocycles. The number of amides is 1. The second-order valence-electron chi connectivity index (χ2n) is 10.8. The lowest BCUT2D eigenvalue weighted by Crippen LogP contribution is -2.44. The summed E-state index contributed by atoms with van der Waals surface area (Å²) in [5.74, 6) is 1.46. The van der Waals surface area contributed by atoms with Gasteiger partial charge in [0.05, 0.1) is 11.6 Å². The molecule has 0 saturated heterocycles. The van der Waals surface area contributed by atoms with Gasteiger partial charge in [-0.2, -0.15) is 0 Å². The third-order valence-corrected chi connectivity index (χ3v) is 7.12. The highest BCUT2D eigenvalue weighted by molar-refractivity contribution is 6.32. The van der Waals surface area contributed by atoms with Crippen LogP contribution in [0.5, 0.6) is 5.75 Å². The monoisotopic (exact) mass is 539 g/mol. The molecule has 1 aliphatic carbocycles. The Morgan fingerprint density at radius 2 is 1.92 bits per heavy atom. The van der Waals surface area contributed by atoms with Gasteiger partial charge in [-0.05, 0) is 93.0 Å². The van der Waals surface area contributed by atoms with Gasteiger partial charge in [0.2, 0.25) is 0 Å². The molecule has 4 rings (SSSR count). The van der Waals surface area contributed by atoms with E-state index < -0.39 is 17.8 Å². The molecule has 1 aromatic heterocycles. The van der Waals surface area contributed by atoms with E-state index >= 15 is 0 Å². The van der Waals surface area contributed by atoms with Gasteiger partial charge in [-0.15, -0.1) is 0 Å². The zero-order valence-electron chi connectivity index (χ0n) is 22.0. The predicted octanol–water partition coefficient (Wildman–Crippen LogP) is 7.88. The number of nitrogens with one attached hydrogen (secondary N) is 1. The van der Waals surface area contributed by atoms with Crippen molar-refractivity contribution in [2.45, 2.75) is 64.2 Å². The van der Waals surface area contributed by atoms with Gasteiger partial charge in [0.1, 0.15) is 17.7 Å². The first-order valence-electron chi connectivity index (χ1n) is 13.0. The Hall–Kier alpha value is -3.32. The van der Waals surface area contributed by atoms with Crippen molar-refractivity contribution in [2.75, 3.05) is 11.5 Å². The van der Waals surface area contributed by atoms with Crippen molar-refractivity contribution in [3.05, 3.63) is 71.9 Å². The molecule has 0 bridgehead atoms. The topological polar surface area (TPSA) is 74.7 Å². The third kappa shape index (κ3) is 7.16. The summed E-state index contributed by atoms with van der Waals surface area (Å²) in [4.78, 5) is 17.8. The number of hydrogen-bond donors (Lipinski definition) is 2. The first-order valence-corrected chi connectivity index (χ1v) is 13.4. The number of hydrogen-bond acceptors (Lipinski definition) is 4. The molecule has 6 nitrogen and oxygen atoms in total. The lowest BCUT2D eigenvalue weighted by atomic mass is 9.92. The Labute approximate surface area is 228 Å². The lowest BCUT2D eigenvalue weighted by molar-refractivity contribution is 0.169. The second kappa shape index (κ2) is 12.0. The van der Waals surface area contributed by atoms with Gasteiger partial charge in [-0.3, -0.25) is 0 Å². The molecule has 1 aliphatic rings. The van der Waals surface area contributed by atoms with Crippen LogP contribution in [0.15, 0.2) is 66.9 Å². The van der Waals surface area contributed by atoms with E-state index in [1.165, 1.54) is 0 Å². The molecule has 38 heavy (non-hydrogen) atoms. The van der Waals surface area contributed by atoms with Crippen molar-refractivity contribution >= 4 is 29.2 Å². The number of benzene rings is 2. The lowest BCUT2D eigenvalue weighted by Gasteiger charge is -2.30. The minimum absolute atomic E-state index is 0.0483. The number of halogens is 2. The summed E-state index contributed by atoms with van der Waals surface area (Å²) < 4.78 is 20.1. The average molecular weight is 540 g/mol. The Bertz CT molecular complexity index is 1240. The number of rotatable bonds is 10. The maximum Gasteiger partial charge on any atom is 0.405 e. The van der Waals surface area contributed by atoms with Gasteiger partial charge < -0.3 is 20.1 Å². The van der Waals surface area contributed by atoms with Crippen LogP contribution in [0, 0.1) is 5.92 Å². The second-order valence-corrected chi connectivity index (χ2v) is 11.2. The molecule has 8 heteroatoms. The summed E-state index contributed by atoms with van der Waals surface area (Å²) in [5, 5.41) is 12.0. The standard InChI is InChI=1S/C30H35ClFN3O3/c1-20(18-30(2,3)34-29(36)37)19-38-27-12-9-21(15-26(27)31)22-13-14-33-28(16-22)35(24-7-5-4-6-8-24)25-11-10-23(32)17-25/h4-9,12-16,20,23,25,34H,10-11,17-19H2,1-3H3,(H,36,37). The van der Waals surface area contributed by atoms with E-state index in [9.17, 15) is 9.18 Å². The smallest absolute Gasteiger partial charge is 0.405 e. The van der Waals surface area contributed by atoms with Crippen LogP contribution in [-0.2, 0) is 0 Å². The fraction of sp³-hybridized carbons (Fsp3) is 0.400. The number of aromatic nitrogens is 1. The van der Waals surface area contributed by atoms with Crippen molar-refractivity contribution in [3.8, 4) is 16.9 Å². The van der Waals surface area contributed by atoms with Crippen molar-refractivity contribution in [2.24, 2.45) is 5.92 Å². The highest BCUT2D eigenvalue weighted by atomic mass is 35.5. The minimum Gasteiger partial charge on any atom is -0.492 e. The fourth-order valence-corrected chi connectivity index (χ4v) is 5.52. The van der Waals surface area contributed by atoms with Crippen LogP contribution in [0.2, 0.25) is 5.02 Å². The molecule has 3 atom stereocenters. The van der Waals surface area contributed by atoms with Gasteiger partial charge in [-0.1, -0.05) is 42.8 Å². The summed E-state index contributed by atoms with van der Waals surface area (Å²) >= 11 is 6.60. The summed E-state index contributed by atoms with van der Waals surface area (Å²) in [7, 11) is 0. The van der Waals surface area contributed by atoms with Gasteiger partial charge in [0.25, 0.3) is 0 Å². The van der Waals surface area contributed by atoms with Crippen molar-refractivity contribution in [3.63, 3.8) is 0 Å². The van der Waals surface area contributed by atoms with E-state index in [4.69, 9.17) is 21.4 Å². The zero-order chi connectivity index (χ0) is 27.3. The number of anilines is 2. The van der Waals surface area contributed by atoms with E-state index in [1.807, 2.05) is 81.4 Å². The van der Waals surface area contributed by atoms with Crippen LogP contribution in [0.25, 0.3) is 11.1 Å². The fourth-order valence-electron chi connectivity index (χ4n) is 5.29. The molecular formula is C30H35ClFN3O3. The zero-order valence-corrected chi connectivity index (χ0v) is 22.8. The van der Waals surface area contributed by atoms with Crippen LogP contribution in [0.4, 0.5) is 20.7 Å². The normalized spacial score (nSPS) is 18.1. The number of para-hydroxylation sites is 1.